The van der Waals surface area contributed by atoms with Gasteiger partial charge in [0.2, 0.25) is 12.3 Å². The average molecular weight is 337 g/mol. The lowest BCUT2D eigenvalue weighted by Gasteiger charge is -2.41. The molecule has 0 saturated carbocycles. The Labute approximate surface area is 140 Å². The number of carbonyl (C=O) groups excluding carboxylic acids is 3. The molecule has 0 spiro atoms. The fraction of sp³-hybridized carbons (Fsp3) is 0.562. The minimum Gasteiger partial charge on any atom is -0.352 e. The molecule has 1 saturated heterocycles. The summed E-state index contributed by atoms with van der Waals surface area (Å²) >= 11 is 1.37. The Kier molecular flexibility index (Phi) is 4.52. The molecule has 0 radical (unpaired) electrons. The van der Waals surface area contributed by atoms with E-state index in [0.29, 0.717) is 30.1 Å². The summed E-state index contributed by atoms with van der Waals surface area (Å²) in [7, 11) is 0. The van der Waals surface area contributed by atoms with Crippen molar-refractivity contribution >= 4 is 35.2 Å². The number of hydrogen-bond donors (Lipinski definition) is 2. The first-order chi connectivity index (χ1) is 10.6. The minimum atomic E-state index is -0.917. The highest BCUT2D eigenvalue weighted by Gasteiger charge is 2.42. The van der Waals surface area contributed by atoms with Crippen LogP contribution in [-0.2, 0) is 15.0 Å². The Morgan fingerprint density at radius 3 is 2.65 bits per heavy atom. The molecule has 3 amide bonds. The number of anilines is 1. The topological polar surface area (TPSA) is 78.5 Å². The fourth-order valence-corrected chi connectivity index (χ4v) is 3.60. The van der Waals surface area contributed by atoms with E-state index in [4.69, 9.17) is 0 Å². The van der Waals surface area contributed by atoms with E-state index in [1.54, 1.807) is 18.7 Å². The molecule has 2 heterocycles. The van der Waals surface area contributed by atoms with Gasteiger partial charge in [-0.25, -0.2) is 0 Å². The molecule has 0 aliphatic carbocycles. The number of piperazine rings is 1. The number of nitrogens with zero attached hydrogens (tertiary/aromatic N) is 1. The van der Waals surface area contributed by atoms with E-state index in [9.17, 15) is 14.4 Å². The number of carbonyl (C=O) groups is 3. The van der Waals surface area contributed by atoms with Crippen LogP contribution in [0.4, 0.5) is 5.69 Å². The van der Waals surface area contributed by atoms with Crippen LogP contribution < -0.4 is 10.6 Å². The predicted octanol–water partition coefficient (Wildman–Crippen LogP) is 1.96. The van der Waals surface area contributed by atoms with Crippen LogP contribution in [0.5, 0.6) is 0 Å². The Bertz CT molecular complexity index is 643. The maximum Gasteiger partial charge on any atom is 0.267 e. The summed E-state index contributed by atoms with van der Waals surface area (Å²) in [6, 6.07) is 1.84. The number of hydrogen-bond acceptors (Lipinski definition) is 4. The Morgan fingerprint density at radius 1 is 1.43 bits per heavy atom. The Hall–Kier alpha value is -1.89. The lowest BCUT2D eigenvalue weighted by atomic mass is 9.94. The van der Waals surface area contributed by atoms with E-state index in [0.717, 1.165) is 4.88 Å². The Morgan fingerprint density at radius 2 is 2.09 bits per heavy atom. The monoisotopic (exact) mass is 337 g/mol. The van der Waals surface area contributed by atoms with Crippen molar-refractivity contribution in [3.8, 4) is 0 Å². The first-order valence-electron chi connectivity index (χ1n) is 7.54. The van der Waals surface area contributed by atoms with Crippen LogP contribution in [0.15, 0.2) is 6.07 Å². The van der Waals surface area contributed by atoms with Crippen molar-refractivity contribution in [1.82, 2.24) is 10.2 Å². The molecule has 0 aromatic carbocycles. The summed E-state index contributed by atoms with van der Waals surface area (Å²) in [4.78, 5) is 39.0. The van der Waals surface area contributed by atoms with E-state index >= 15 is 0 Å². The van der Waals surface area contributed by atoms with Crippen LogP contribution in [0, 0.1) is 0 Å². The standard InChI is InChI=1S/C16H23N3O3S/c1-15(2,3)11-8-10(18-9-20)12(23-11)13(21)19-7-6-17-14(22)16(19,4)5/h8-9H,6-7H2,1-5H3,(H,17,22)(H,18,20). The third kappa shape index (κ3) is 3.24. The molecule has 1 aromatic heterocycles. The number of thiophene rings is 1. The minimum absolute atomic E-state index is 0.128. The molecule has 1 fully saturated rings. The quantitative estimate of drug-likeness (QED) is 0.828. The van der Waals surface area contributed by atoms with Crippen molar-refractivity contribution < 1.29 is 14.4 Å². The summed E-state index contributed by atoms with van der Waals surface area (Å²) in [5.74, 6) is -0.399. The van der Waals surface area contributed by atoms with Gasteiger partial charge in [0.05, 0.1) is 5.69 Å². The largest absolute Gasteiger partial charge is 0.352 e. The fourth-order valence-electron chi connectivity index (χ4n) is 2.47. The molecule has 1 aromatic rings. The molecule has 7 heteroatoms. The van der Waals surface area contributed by atoms with Gasteiger partial charge in [0.15, 0.2) is 0 Å². The van der Waals surface area contributed by atoms with Gasteiger partial charge < -0.3 is 15.5 Å². The average Bonchev–Trinajstić information content (AvgIpc) is 2.85. The van der Waals surface area contributed by atoms with Crippen molar-refractivity contribution in [2.45, 2.75) is 45.6 Å². The predicted molar refractivity (Wildman–Crippen MR) is 90.8 cm³/mol. The zero-order valence-corrected chi connectivity index (χ0v) is 15.0. The molecule has 0 unspecified atom stereocenters. The summed E-state index contributed by atoms with van der Waals surface area (Å²) in [6.07, 6.45) is 0.569. The normalized spacial score (nSPS) is 17.6. The first-order valence-corrected chi connectivity index (χ1v) is 8.35. The highest BCUT2D eigenvalue weighted by molar-refractivity contribution is 7.14. The SMILES string of the molecule is CC(C)(C)c1cc(NC=O)c(C(=O)N2CCNC(=O)C2(C)C)s1. The highest BCUT2D eigenvalue weighted by Crippen LogP contribution is 2.37. The molecule has 126 valence electrons. The maximum atomic E-state index is 13.0. The molecule has 2 rings (SSSR count). The van der Waals surface area contributed by atoms with Gasteiger partial charge in [-0.1, -0.05) is 20.8 Å². The molecule has 0 bridgehead atoms. The van der Waals surface area contributed by atoms with Gasteiger partial charge in [0, 0.05) is 18.0 Å². The third-order valence-corrected chi connectivity index (χ3v) is 5.53. The lowest BCUT2D eigenvalue weighted by Crippen LogP contribution is -2.63. The van der Waals surface area contributed by atoms with Gasteiger partial charge in [-0.2, -0.15) is 0 Å². The van der Waals surface area contributed by atoms with Gasteiger partial charge in [0.1, 0.15) is 10.4 Å². The van der Waals surface area contributed by atoms with Gasteiger partial charge in [-0.3, -0.25) is 14.4 Å². The van der Waals surface area contributed by atoms with Crippen LogP contribution >= 0.6 is 11.3 Å². The van der Waals surface area contributed by atoms with Gasteiger partial charge >= 0.3 is 0 Å². The summed E-state index contributed by atoms with van der Waals surface area (Å²) < 4.78 is 0. The molecule has 6 nitrogen and oxygen atoms in total. The smallest absolute Gasteiger partial charge is 0.267 e. The van der Waals surface area contributed by atoms with Crippen molar-refractivity contribution in [2.24, 2.45) is 0 Å². The van der Waals surface area contributed by atoms with Crippen LogP contribution in [-0.4, -0.2) is 41.8 Å². The summed E-state index contributed by atoms with van der Waals surface area (Å²) in [5, 5.41) is 5.39. The van der Waals surface area contributed by atoms with Crippen LogP contribution in [0.1, 0.15) is 49.2 Å². The van der Waals surface area contributed by atoms with Crippen LogP contribution in [0.2, 0.25) is 0 Å². The Balaban J connectivity index is 2.43. The number of rotatable bonds is 3. The van der Waals surface area contributed by atoms with Crippen molar-refractivity contribution in [3.63, 3.8) is 0 Å². The highest BCUT2D eigenvalue weighted by atomic mass is 32.1. The molecular weight excluding hydrogens is 314 g/mol. The van der Waals surface area contributed by atoms with Gasteiger partial charge in [0.25, 0.3) is 5.91 Å². The second kappa shape index (κ2) is 5.96. The first kappa shape index (κ1) is 17.5. The maximum absolute atomic E-state index is 13.0. The summed E-state index contributed by atoms with van der Waals surface area (Å²) in [5.41, 5.74) is -0.543. The van der Waals surface area contributed by atoms with E-state index in [2.05, 4.69) is 31.4 Å². The van der Waals surface area contributed by atoms with Crippen molar-refractivity contribution in [2.75, 3.05) is 18.4 Å². The zero-order valence-electron chi connectivity index (χ0n) is 14.1. The van der Waals surface area contributed by atoms with E-state index in [1.165, 1.54) is 11.3 Å². The van der Waals surface area contributed by atoms with Gasteiger partial charge in [-0.15, -0.1) is 11.3 Å². The number of amides is 3. The lowest BCUT2D eigenvalue weighted by molar-refractivity contribution is -0.133. The molecule has 23 heavy (non-hydrogen) atoms. The second-order valence-electron chi connectivity index (χ2n) is 7.14. The van der Waals surface area contributed by atoms with Gasteiger partial charge in [-0.05, 0) is 25.3 Å². The van der Waals surface area contributed by atoms with Crippen molar-refractivity contribution in [1.29, 1.82) is 0 Å². The summed E-state index contributed by atoms with van der Waals surface area (Å²) in [6.45, 7) is 10.5. The third-order valence-electron chi connectivity index (χ3n) is 3.98. The molecular formula is C16H23N3O3S. The molecule has 1 aliphatic heterocycles. The van der Waals surface area contributed by atoms with Crippen LogP contribution in [0.25, 0.3) is 0 Å². The zero-order chi connectivity index (χ0) is 17.4. The van der Waals surface area contributed by atoms with E-state index in [-0.39, 0.29) is 17.2 Å². The molecule has 0 atom stereocenters. The van der Waals surface area contributed by atoms with Crippen LogP contribution in [0.3, 0.4) is 0 Å². The molecule has 2 N–H and O–H groups in total. The van der Waals surface area contributed by atoms with E-state index in [1.807, 2.05) is 6.07 Å². The second-order valence-corrected chi connectivity index (χ2v) is 8.19. The van der Waals surface area contributed by atoms with E-state index < -0.39 is 5.54 Å². The number of nitrogens with one attached hydrogen (secondary N) is 2. The van der Waals surface area contributed by atoms with Crippen molar-refractivity contribution in [3.05, 3.63) is 15.8 Å². The molecule has 1 aliphatic rings.